The maximum atomic E-state index is 5.49. The van der Waals surface area contributed by atoms with Gasteiger partial charge in [0, 0.05) is 5.69 Å². The van der Waals surface area contributed by atoms with E-state index in [1.807, 2.05) is 19.9 Å². The van der Waals surface area contributed by atoms with E-state index in [9.17, 15) is 0 Å². The monoisotopic (exact) mass is 148 g/mol. The number of nitrogens with zero attached hydrogens (tertiary/aromatic N) is 1. The Balaban J connectivity index is 3.20. The van der Waals surface area contributed by atoms with Gasteiger partial charge < -0.3 is 5.73 Å². The molecular formula is C9H12N2. The number of hydrogen-bond acceptors (Lipinski definition) is 2. The molecule has 2 nitrogen and oxygen atoms in total. The fourth-order valence-electron chi connectivity index (χ4n) is 1.03. The van der Waals surface area contributed by atoms with Crippen molar-refractivity contribution in [2.75, 3.05) is 5.73 Å². The molecule has 0 saturated heterocycles. The van der Waals surface area contributed by atoms with Crippen molar-refractivity contribution in [1.29, 1.82) is 0 Å². The van der Waals surface area contributed by atoms with E-state index in [4.69, 9.17) is 5.73 Å². The number of rotatable bonds is 1. The topological polar surface area (TPSA) is 38.9 Å². The number of nitrogens with two attached hydrogens (primary N) is 1. The standard InChI is InChI=1S/C9H12N2/c1-6(2)8-4-5-9(10)11-7(8)3/h4-5H,1H2,2-3H3,(H2,10,11). The summed E-state index contributed by atoms with van der Waals surface area (Å²) in [5, 5.41) is 0. The van der Waals surface area contributed by atoms with Crippen LogP contribution in [0.2, 0.25) is 0 Å². The van der Waals surface area contributed by atoms with Crippen LogP contribution < -0.4 is 5.73 Å². The Morgan fingerprint density at radius 1 is 1.55 bits per heavy atom. The number of nitrogen functional groups attached to an aromatic ring is 1. The first-order chi connectivity index (χ1) is 5.11. The summed E-state index contributed by atoms with van der Waals surface area (Å²) in [4.78, 5) is 4.11. The number of allylic oxidation sites excluding steroid dienone is 1. The van der Waals surface area contributed by atoms with Gasteiger partial charge in [0.1, 0.15) is 5.82 Å². The highest BCUT2D eigenvalue weighted by Crippen LogP contribution is 2.15. The maximum Gasteiger partial charge on any atom is 0.123 e. The Hall–Kier alpha value is -1.31. The fraction of sp³-hybridized carbons (Fsp3) is 0.222. The Morgan fingerprint density at radius 3 is 2.64 bits per heavy atom. The van der Waals surface area contributed by atoms with Gasteiger partial charge in [0.25, 0.3) is 0 Å². The van der Waals surface area contributed by atoms with E-state index in [1.165, 1.54) is 0 Å². The first-order valence-corrected chi connectivity index (χ1v) is 3.50. The van der Waals surface area contributed by atoms with Crippen molar-refractivity contribution in [1.82, 2.24) is 4.98 Å². The molecule has 0 radical (unpaired) electrons. The summed E-state index contributed by atoms with van der Waals surface area (Å²) >= 11 is 0. The average Bonchev–Trinajstić information content (AvgIpc) is 1.85. The van der Waals surface area contributed by atoms with E-state index >= 15 is 0 Å². The Labute approximate surface area is 66.8 Å². The molecule has 1 aromatic heterocycles. The molecule has 0 spiro atoms. The summed E-state index contributed by atoms with van der Waals surface area (Å²) < 4.78 is 0. The van der Waals surface area contributed by atoms with Gasteiger partial charge in [-0.2, -0.15) is 0 Å². The summed E-state index contributed by atoms with van der Waals surface area (Å²) in [6, 6.07) is 3.73. The van der Waals surface area contributed by atoms with Crippen molar-refractivity contribution in [3.8, 4) is 0 Å². The molecule has 0 fully saturated rings. The Kier molecular flexibility index (Phi) is 1.94. The molecule has 1 aromatic rings. The van der Waals surface area contributed by atoms with Crippen molar-refractivity contribution in [2.24, 2.45) is 0 Å². The Bertz CT molecular complexity index is 290. The molecule has 0 bridgehead atoms. The summed E-state index contributed by atoms with van der Waals surface area (Å²) in [7, 11) is 0. The summed E-state index contributed by atoms with van der Waals surface area (Å²) in [6.07, 6.45) is 0. The molecule has 0 amide bonds. The van der Waals surface area contributed by atoms with Crippen molar-refractivity contribution in [3.05, 3.63) is 30.0 Å². The van der Waals surface area contributed by atoms with Gasteiger partial charge >= 0.3 is 0 Å². The maximum absolute atomic E-state index is 5.49. The van der Waals surface area contributed by atoms with Crippen LogP contribution in [-0.4, -0.2) is 4.98 Å². The molecular weight excluding hydrogens is 136 g/mol. The van der Waals surface area contributed by atoms with Crippen LogP contribution >= 0.6 is 0 Å². The largest absolute Gasteiger partial charge is 0.384 e. The zero-order chi connectivity index (χ0) is 8.43. The van der Waals surface area contributed by atoms with Gasteiger partial charge in [-0.15, -0.1) is 0 Å². The third-order valence-electron chi connectivity index (χ3n) is 1.57. The quantitative estimate of drug-likeness (QED) is 0.661. The second-order valence-electron chi connectivity index (χ2n) is 2.65. The first kappa shape index (κ1) is 7.79. The predicted octanol–water partition coefficient (Wildman–Crippen LogP) is 2.01. The van der Waals surface area contributed by atoms with Crippen molar-refractivity contribution < 1.29 is 0 Å². The lowest BCUT2D eigenvalue weighted by Crippen LogP contribution is -1.94. The molecule has 58 valence electrons. The lowest BCUT2D eigenvalue weighted by Gasteiger charge is -2.03. The molecule has 0 aliphatic carbocycles. The molecule has 2 N–H and O–H groups in total. The lowest BCUT2D eigenvalue weighted by atomic mass is 10.1. The molecule has 0 aromatic carbocycles. The van der Waals surface area contributed by atoms with Crippen molar-refractivity contribution >= 4 is 11.4 Å². The second-order valence-corrected chi connectivity index (χ2v) is 2.65. The van der Waals surface area contributed by atoms with E-state index in [2.05, 4.69) is 11.6 Å². The van der Waals surface area contributed by atoms with Crippen molar-refractivity contribution in [2.45, 2.75) is 13.8 Å². The minimum atomic E-state index is 0.563. The minimum absolute atomic E-state index is 0.563. The molecule has 2 heteroatoms. The van der Waals surface area contributed by atoms with E-state index in [0.29, 0.717) is 5.82 Å². The SMILES string of the molecule is C=C(C)c1ccc(N)nc1C. The summed E-state index contributed by atoms with van der Waals surface area (Å²) in [5.41, 5.74) is 8.53. The highest BCUT2D eigenvalue weighted by molar-refractivity contribution is 5.63. The lowest BCUT2D eigenvalue weighted by molar-refractivity contribution is 1.19. The molecule has 0 unspecified atom stereocenters. The number of aryl methyl sites for hydroxylation is 1. The normalized spacial score (nSPS) is 9.64. The first-order valence-electron chi connectivity index (χ1n) is 3.50. The molecule has 1 rings (SSSR count). The number of pyridine rings is 1. The third kappa shape index (κ3) is 1.58. The average molecular weight is 148 g/mol. The van der Waals surface area contributed by atoms with Crippen LogP contribution in [0, 0.1) is 6.92 Å². The smallest absolute Gasteiger partial charge is 0.123 e. The van der Waals surface area contributed by atoms with Crippen LogP contribution in [0.25, 0.3) is 5.57 Å². The van der Waals surface area contributed by atoms with E-state index in [0.717, 1.165) is 16.8 Å². The molecule has 0 atom stereocenters. The highest BCUT2D eigenvalue weighted by Gasteiger charge is 1.98. The fourth-order valence-corrected chi connectivity index (χ4v) is 1.03. The molecule has 11 heavy (non-hydrogen) atoms. The van der Waals surface area contributed by atoms with Gasteiger partial charge in [-0.3, -0.25) is 0 Å². The van der Waals surface area contributed by atoms with Crippen molar-refractivity contribution in [3.63, 3.8) is 0 Å². The van der Waals surface area contributed by atoms with Crippen LogP contribution in [0.15, 0.2) is 18.7 Å². The van der Waals surface area contributed by atoms with Gasteiger partial charge in [-0.25, -0.2) is 4.98 Å². The molecule has 1 heterocycles. The number of anilines is 1. The summed E-state index contributed by atoms with van der Waals surface area (Å²) in [6.45, 7) is 7.72. The Morgan fingerprint density at radius 2 is 2.18 bits per heavy atom. The molecule has 0 aliphatic rings. The predicted molar refractivity (Wildman–Crippen MR) is 48.1 cm³/mol. The van der Waals surface area contributed by atoms with Crippen LogP contribution in [0.3, 0.4) is 0 Å². The molecule has 0 aliphatic heterocycles. The molecule has 0 saturated carbocycles. The van der Waals surface area contributed by atoms with E-state index in [-0.39, 0.29) is 0 Å². The zero-order valence-electron chi connectivity index (χ0n) is 6.89. The minimum Gasteiger partial charge on any atom is -0.384 e. The number of hydrogen-bond donors (Lipinski definition) is 1. The second kappa shape index (κ2) is 2.74. The van der Waals surface area contributed by atoms with E-state index in [1.54, 1.807) is 6.07 Å². The van der Waals surface area contributed by atoms with Crippen LogP contribution in [0.1, 0.15) is 18.2 Å². The van der Waals surface area contributed by atoms with E-state index < -0.39 is 0 Å². The van der Waals surface area contributed by atoms with Gasteiger partial charge in [0.05, 0.1) is 0 Å². The third-order valence-corrected chi connectivity index (χ3v) is 1.57. The van der Waals surface area contributed by atoms with Crippen LogP contribution in [-0.2, 0) is 0 Å². The highest BCUT2D eigenvalue weighted by atomic mass is 14.8. The van der Waals surface area contributed by atoms with Gasteiger partial charge in [-0.05, 0) is 37.1 Å². The van der Waals surface area contributed by atoms with Crippen LogP contribution in [0.4, 0.5) is 5.82 Å². The van der Waals surface area contributed by atoms with Gasteiger partial charge in [-0.1, -0.05) is 6.58 Å². The van der Waals surface area contributed by atoms with Crippen LogP contribution in [0.5, 0.6) is 0 Å². The number of aromatic nitrogens is 1. The zero-order valence-corrected chi connectivity index (χ0v) is 6.89. The van der Waals surface area contributed by atoms with Gasteiger partial charge in [0.15, 0.2) is 0 Å². The summed E-state index contributed by atoms with van der Waals surface area (Å²) in [5.74, 6) is 0.563. The van der Waals surface area contributed by atoms with Gasteiger partial charge in [0.2, 0.25) is 0 Å².